The average molecular weight is 422 g/mol. The predicted molar refractivity (Wildman–Crippen MR) is 119 cm³/mol. The highest BCUT2D eigenvalue weighted by Gasteiger charge is 2.20. The zero-order chi connectivity index (χ0) is 22.5. The van der Waals surface area contributed by atoms with Crippen LogP contribution in [0.15, 0.2) is 42.5 Å². The summed E-state index contributed by atoms with van der Waals surface area (Å²) in [4.78, 5) is 25.0. The molecule has 31 heavy (non-hydrogen) atoms. The van der Waals surface area contributed by atoms with Gasteiger partial charge in [0.15, 0.2) is 11.5 Å². The van der Waals surface area contributed by atoms with Gasteiger partial charge in [-0.25, -0.2) is 4.68 Å². The molecule has 0 saturated heterocycles. The number of carbonyl (C=O) groups is 2. The molecule has 162 valence electrons. The molecule has 1 aromatic heterocycles. The van der Waals surface area contributed by atoms with E-state index >= 15 is 0 Å². The first-order valence-corrected chi connectivity index (χ1v) is 9.83. The van der Waals surface area contributed by atoms with Crippen LogP contribution in [-0.4, -0.2) is 33.9 Å². The summed E-state index contributed by atoms with van der Waals surface area (Å²) in [6.45, 7) is 5.92. The highest BCUT2D eigenvalue weighted by Crippen LogP contribution is 2.26. The number of hydrogen-bond donors (Lipinski definition) is 3. The Balaban J connectivity index is 1.67. The molecule has 0 unspecified atom stereocenters. The number of anilines is 3. The molecule has 0 aliphatic carbocycles. The van der Waals surface area contributed by atoms with Crippen molar-refractivity contribution >= 4 is 29.0 Å². The monoisotopic (exact) mass is 422 g/mol. The van der Waals surface area contributed by atoms with Crippen LogP contribution in [0.3, 0.4) is 0 Å². The molecule has 2 amide bonds. The lowest BCUT2D eigenvalue weighted by molar-refractivity contribution is -0.116. The second-order valence-corrected chi connectivity index (χ2v) is 7.46. The largest absolute Gasteiger partial charge is 0.495 e. The van der Waals surface area contributed by atoms with E-state index in [0.29, 0.717) is 23.0 Å². The fourth-order valence-electron chi connectivity index (χ4n) is 2.99. The summed E-state index contributed by atoms with van der Waals surface area (Å²) in [5, 5.41) is 13.2. The van der Waals surface area contributed by atoms with Gasteiger partial charge < -0.3 is 21.1 Å². The summed E-state index contributed by atoms with van der Waals surface area (Å²) >= 11 is 0. The van der Waals surface area contributed by atoms with Gasteiger partial charge in [0.25, 0.3) is 5.91 Å². The lowest BCUT2D eigenvalue weighted by Crippen LogP contribution is -2.21. The summed E-state index contributed by atoms with van der Waals surface area (Å²) in [6, 6.07) is 13.0. The second kappa shape index (κ2) is 9.29. The van der Waals surface area contributed by atoms with Crippen molar-refractivity contribution in [3.8, 4) is 5.75 Å². The normalized spacial score (nSPS) is 10.7. The summed E-state index contributed by atoms with van der Waals surface area (Å²) < 4.78 is 6.44. The first kappa shape index (κ1) is 21.8. The zero-order valence-corrected chi connectivity index (χ0v) is 18.0. The average Bonchev–Trinajstić information content (AvgIpc) is 3.08. The van der Waals surface area contributed by atoms with Crippen LogP contribution in [0.4, 0.5) is 17.2 Å². The zero-order valence-electron chi connectivity index (χ0n) is 18.0. The molecule has 0 bridgehead atoms. The number of ether oxygens (including phenoxy) is 1. The molecular formula is C22H26N6O3. The molecule has 3 rings (SSSR count). The molecular weight excluding hydrogens is 396 g/mol. The number of aryl methyl sites for hydroxylation is 1. The Morgan fingerprint density at radius 1 is 1.13 bits per heavy atom. The number of aromatic nitrogens is 3. The SMILES string of the molecule is COc1ccc(C)cc1NC(=O)c1nnn(CC(=O)Nc2ccc(C(C)C)cc2)c1N. The summed E-state index contributed by atoms with van der Waals surface area (Å²) in [5.41, 5.74) is 9.23. The van der Waals surface area contributed by atoms with Crippen LogP contribution >= 0.6 is 0 Å². The number of hydrogen-bond acceptors (Lipinski definition) is 6. The van der Waals surface area contributed by atoms with E-state index in [9.17, 15) is 9.59 Å². The van der Waals surface area contributed by atoms with Crippen molar-refractivity contribution in [2.75, 3.05) is 23.5 Å². The molecule has 3 aromatic rings. The minimum absolute atomic E-state index is 0.00516. The minimum atomic E-state index is -0.544. The molecule has 0 fully saturated rings. The molecule has 0 spiro atoms. The molecule has 0 aliphatic heterocycles. The third kappa shape index (κ3) is 5.19. The van der Waals surface area contributed by atoms with Crippen molar-refractivity contribution in [1.29, 1.82) is 0 Å². The Morgan fingerprint density at radius 3 is 2.48 bits per heavy atom. The van der Waals surface area contributed by atoms with Gasteiger partial charge >= 0.3 is 0 Å². The molecule has 0 atom stereocenters. The first-order valence-electron chi connectivity index (χ1n) is 9.83. The van der Waals surface area contributed by atoms with Gasteiger partial charge in [-0.2, -0.15) is 0 Å². The van der Waals surface area contributed by atoms with Crippen molar-refractivity contribution < 1.29 is 14.3 Å². The van der Waals surface area contributed by atoms with Gasteiger partial charge in [-0.1, -0.05) is 37.3 Å². The van der Waals surface area contributed by atoms with Gasteiger partial charge in [-0.3, -0.25) is 9.59 Å². The number of methoxy groups -OCH3 is 1. The van der Waals surface area contributed by atoms with Crippen LogP contribution < -0.4 is 21.1 Å². The molecule has 0 radical (unpaired) electrons. The fraction of sp³-hybridized carbons (Fsp3) is 0.273. The number of amides is 2. The van der Waals surface area contributed by atoms with E-state index in [2.05, 4.69) is 34.8 Å². The van der Waals surface area contributed by atoms with Crippen molar-refractivity contribution in [2.24, 2.45) is 0 Å². The molecule has 0 saturated carbocycles. The number of nitrogen functional groups attached to an aromatic ring is 1. The van der Waals surface area contributed by atoms with E-state index in [1.807, 2.05) is 37.3 Å². The number of carbonyl (C=O) groups excluding carboxylic acids is 2. The van der Waals surface area contributed by atoms with Crippen LogP contribution in [-0.2, 0) is 11.3 Å². The Hall–Kier alpha value is -3.88. The van der Waals surface area contributed by atoms with Crippen LogP contribution in [0.2, 0.25) is 0 Å². The predicted octanol–water partition coefficient (Wildman–Crippen LogP) is 3.19. The van der Waals surface area contributed by atoms with Gasteiger partial charge in [-0.15, -0.1) is 5.10 Å². The summed E-state index contributed by atoms with van der Waals surface area (Å²) in [6.07, 6.45) is 0. The van der Waals surface area contributed by atoms with Gasteiger partial charge in [0.2, 0.25) is 5.91 Å². The van der Waals surface area contributed by atoms with Crippen LogP contribution in [0.5, 0.6) is 5.75 Å². The Labute approximate surface area is 180 Å². The first-order chi connectivity index (χ1) is 14.8. The molecule has 9 nitrogen and oxygen atoms in total. The lowest BCUT2D eigenvalue weighted by atomic mass is 10.0. The van der Waals surface area contributed by atoms with Crippen molar-refractivity contribution in [1.82, 2.24) is 15.0 Å². The van der Waals surface area contributed by atoms with E-state index in [-0.39, 0.29) is 24.0 Å². The van der Waals surface area contributed by atoms with Gasteiger partial charge in [-0.05, 0) is 48.2 Å². The maximum atomic E-state index is 12.6. The van der Waals surface area contributed by atoms with Crippen molar-refractivity contribution in [3.05, 3.63) is 59.3 Å². The molecule has 1 heterocycles. The third-order valence-electron chi connectivity index (χ3n) is 4.75. The standard InChI is InChI=1S/C22H26N6O3/c1-13(2)15-6-8-16(9-7-15)24-19(29)12-28-21(23)20(26-27-28)22(30)25-17-11-14(3)5-10-18(17)31-4/h5-11,13H,12,23H2,1-4H3,(H,24,29)(H,25,30). The number of nitrogens with one attached hydrogen (secondary N) is 2. The lowest BCUT2D eigenvalue weighted by Gasteiger charge is -2.10. The van der Waals surface area contributed by atoms with Crippen molar-refractivity contribution in [3.63, 3.8) is 0 Å². The number of nitrogens with zero attached hydrogens (tertiary/aromatic N) is 3. The van der Waals surface area contributed by atoms with E-state index < -0.39 is 5.91 Å². The topological polar surface area (TPSA) is 124 Å². The smallest absolute Gasteiger partial charge is 0.280 e. The van der Waals surface area contributed by atoms with Crippen molar-refractivity contribution in [2.45, 2.75) is 33.2 Å². The minimum Gasteiger partial charge on any atom is -0.495 e. The molecule has 0 aliphatic rings. The number of benzene rings is 2. The van der Waals surface area contributed by atoms with Gasteiger partial charge in [0, 0.05) is 5.69 Å². The van der Waals surface area contributed by atoms with Crippen LogP contribution in [0.25, 0.3) is 0 Å². The van der Waals surface area contributed by atoms with Crippen LogP contribution in [0.1, 0.15) is 41.4 Å². The number of nitrogens with two attached hydrogens (primary N) is 1. The second-order valence-electron chi connectivity index (χ2n) is 7.46. The van der Waals surface area contributed by atoms with Gasteiger partial charge in [0.05, 0.1) is 12.8 Å². The van der Waals surface area contributed by atoms with E-state index in [1.165, 1.54) is 17.4 Å². The van der Waals surface area contributed by atoms with E-state index in [0.717, 1.165) is 5.56 Å². The van der Waals surface area contributed by atoms with E-state index in [1.54, 1.807) is 12.1 Å². The molecule has 9 heteroatoms. The Kier molecular flexibility index (Phi) is 6.54. The fourth-order valence-corrected chi connectivity index (χ4v) is 2.99. The Morgan fingerprint density at radius 2 is 1.84 bits per heavy atom. The highest BCUT2D eigenvalue weighted by atomic mass is 16.5. The Bertz CT molecular complexity index is 1090. The van der Waals surface area contributed by atoms with Crippen LogP contribution in [0, 0.1) is 6.92 Å². The van der Waals surface area contributed by atoms with E-state index in [4.69, 9.17) is 10.5 Å². The maximum absolute atomic E-state index is 12.6. The summed E-state index contributed by atoms with van der Waals surface area (Å²) in [7, 11) is 1.51. The highest BCUT2D eigenvalue weighted by molar-refractivity contribution is 6.06. The van der Waals surface area contributed by atoms with Gasteiger partial charge in [0.1, 0.15) is 12.3 Å². The number of rotatable bonds is 7. The summed E-state index contributed by atoms with van der Waals surface area (Å²) in [5.74, 6) is 0.0322. The maximum Gasteiger partial charge on any atom is 0.280 e. The molecule has 2 aromatic carbocycles. The third-order valence-corrected chi connectivity index (χ3v) is 4.75. The quantitative estimate of drug-likeness (QED) is 0.537. The molecule has 4 N–H and O–H groups in total.